The molecule has 3 rings (SSSR count). The van der Waals surface area contributed by atoms with E-state index in [-0.39, 0.29) is 12.5 Å². The molecular weight excluding hydrogens is 320 g/mol. The van der Waals surface area contributed by atoms with Crippen LogP contribution in [0.5, 0.6) is 5.75 Å². The number of amides is 1. The van der Waals surface area contributed by atoms with Crippen LogP contribution in [0, 0.1) is 5.92 Å². The van der Waals surface area contributed by atoms with Gasteiger partial charge in [0.15, 0.2) is 0 Å². The van der Waals surface area contributed by atoms with E-state index in [4.69, 9.17) is 14.2 Å². The summed E-state index contributed by atoms with van der Waals surface area (Å²) in [5.41, 5.74) is 1.01. The minimum absolute atomic E-state index is 0.0745. The van der Waals surface area contributed by atoms with E-state index >= 15 is 0 Å². The number of ether oxygens (including phenoxy) is 3. The number of benzene rings is 1. The zero-order valence-electron chi connectivity index (χ0n) is 15.1. The molecule has 1 aromatic rings. The number of morpholine rings is 1. The zero-order chi connectivity index (χ0) is 17.6. The Kier molecular flexibility index (Phi) is 6.29. The second-order valence-electron chi connectivity index (χ2n) is 6.84. The number of rotatable bonds is 6. The Balaban J connectivity index is 1.45. The molecule has 0 bridgehead atoms. The van der Waals surface area contributed by atoms with Crippen molar-refractivity contribution in [3.8, 4) is 5.75 Å². The average Bonchev–Trinajstić information content (AvgIpc) is 3.04. The van der Waals surface area contributed by atoms with E-state index in [0.717, 1.165) is 50.7 Å². The van der Waals surface area contributed by atoms with Crippen LogP contribution in [0.2, 0.25) is 0 Å². The highest BCUT2D eigenvalue weighted by Crippen LogP contribution is 2.23. The van der Waals surface area contributed by atoms with Crippen molar-refractivity contribution >= 4 is 5.91 Å². The first-order valence-electron chi connectivity index (χ1n) is 8.97. The zero-order valence-corrected chi connectivity index (χ0v) is 15.1. The molecule has 0 aromatic heterocycles. The number of hydrogen-bond acceptors (Lipinski definition) is 5. The number of nitrogens with zero attached hydrogens (tertiary/aromatic N) is 2. The molecule has 2 aliphatic heterocycles. The Morgan fingerprint density at radius 3 is 2.84 bits per heavy atom. The maximum atomic E-state index is 12.5. The molecule has 0 spiro atoms. The SMILES string of the molecule is COc1cccc(COCC(=O)N2C[C@@H](C)[C@@H](N3CCOCC3)C2)c1. The van der Waals surface area contributed by atoms with Crippen LogP contribution in [0.15, 0.2) is 24.3 Å². The maximum Gasteiger partial charge on any atom is 0.248 e. The molecule has 0 unspecified atom stereocenters. The van der Waals surface area contributed by atoms with Crippen LogP contribution in [-0.2, 0) is 20.9 Å². The number of hydrogen-bond donors (Lipinski definition) is 0. The molecule has 0 saturated carbocycles. The van der Waals surface area contributed by atoms with Crippen LogP contribution in [0.25, 0.3) is 0 Å². The second kappa shape index (κ2) is 8.65. The van der Waals surface area contributed by atoms with Crippen molar-refractivity contribution in [2.75, 3.05) is 53.1 Å². The van der Waals surface area contributed by atoms with Gasteiger partial charge in [0.05, 0.1) is 26.9 Å². The summed E-state index contributed by atoms with van der Waals surface area (Å²) in [5, 5.41) is 0. The Labute approximate surface area is 149 Å². The van der Waals surface area contributed by atoms with E-state index < -0.39 is 0 Å². The normalized spacial score (nSPS) is 24.5. The molecule has 1 amide bonds. The lowest BCUT2D eigenvalue weighted by Crippen LogP contribution is -2.47. The first-order chi connectivity index (χ1) is 12.2. The summed E-state index contributed by atoms with van der Waals surface area (Å²) in [6.07, 6.45) is 0. The molecule has 2 fully saturated rings. The first kappa shape index (κ1) is 18.2. The van der Waals surface area contributed by atoms with Gasteiger partial charge in [-0.1, -0.05) is 19.1 Å². The largest absolute Gasteiger partial charge is 0.497 e. The van der Waals surface area contributed by atoms with Gasteiger partial charge in [-0.3, -0.25) is 9.69 Å². The standard InChI is InChI=1S/C19H28N2O4/c1-15-11-21(12-18(15)20-6-8-24-9-7-20)19(22)14-25-13-16-4-3-5-17(10-16)23-2/h3-5,10,15,18H,6-9,11-14H2,1-2H3/t15-,18+/m1/s1. The Morgan fingerprint density at radius 2 is 2.08 bits per heavy atom. The van der Waals surface area contributed by atoms with E-state index in [9.17, 15) is 4.79 Å². The minimum atomic E-state index is 0.0745. The molecule has 0 N–H and O–H groups in total. The lowest BCUT2D eigenvalue weighted by atomic mass is 10.0. The van der Waals surface area contributed by atoms with Crippen molar-refractivity contribution in [2.45, 2.75) is 19.6 Å². The van der Waals surface area contributed by atoms with Crippen molar-refractivity contribution in [3.05, 3.63) is 29.8 Å². The number of carbonyl (C=O) groups excluding carboxylic acids is 1. The van der Waals surface area contributed by atoms with Gasteiger partial charge in [0, 0.05) is 32.2 Å². The van der Waals surface area contributed by atoms with Gasteiger partial charge in [-0.2, -0.15) is 0 Å². The van der Waals surface area contributed by atoms with Gasteiger partial charge in [-0.15, -0.1) is 0 Å². The van der Waals surface area contributed by atoms with Gasteiger partial charge >= 0.3 is 0 Å². The van der Waals surface area contributed by atoms with Gasteiger partial charge in [-0.25, -0.2) is 0 Å². The fourth-order valence-electron chi connectivity index (χ4n) is 3.65. The van der Waals surface area contributed by atoms with E-state index in [1.54, 1.807) is 7.11 Å². The highest BCUT2D eigenvalue weighted by Gasteiger charge is 2.36. The summed E-state index contributed by atoms with van der Waals surface area (Å²) in [5.74, 6) is 1.36. The molecule has 25 heavy (non-hydrogen) atoms. The fourth-order valence-corrected chi connectivity index (χ4v) is 3.65. The lowest BCUT2D eigenvalue weighted by Gasteiger charge is -2.33. The Morgan fingerprint density at radius 1 is 1.28 bits per heavy atom. The third-order valence-electron chi connectivity index (χ3n) is 5.07. The van der Waals surface area contributed by atoms with Gasteiger partial charge in [0.2, 0.25) is 5.91 Å². The van der Waals surface area contributed by atoms with Crippen molar-refractivity contribution in [1.82, 2.24) is 9.80 Å². The van der Waals surface area contributed by atoms with Gasteiger partial charge in [0.25, 0.3) is 0 Å². The molecule has 2 saturated heterocycles. The van der Waals surface area contributed by atoms with Crippen LogP contribution in [-0.4, -0.2) is 74.9 Å². The summed E-state index contributed by atoms with van der Waals surface area (Å²) in [6.45, 7) is 7.88. The van der Waals surface area contributed by atoms with E-state index in [1.165, 1.54) is 0 Å². The Hall–Kier alpha value is -1.63. The monoisotopic (exact) mass is 348 g/mol. The predicted molar refractivity (Wildman–Crippen MR) is 94.6 cm³/mol. The van der Waals surface area contributed by atoms with Crippen molar-refractivity contribution in [3.63, 3.8) is 0 Å². The van der Waals surface area contributed by atoms with Crippen molar-refractivity contribution in [1.29, 1.82) is 0 Å². The number of likely N-dealkylation sites (tertiary alicyclic amines) is 1. The molecule has 6 heteroatoms. The van der Waals surface area contributed by atoms with Crippen LogP contribution < -0.4 is 4.74 Å². The first-order valence-corrected chi connectivity index (χ1v) is 8.97. The molecule has 0 radical (unpaired) electrons. The molecule has 2 atom stereocenters. The van der Waals surface area contributed by atoms with E-state index in [1.807, 2.05) is 29.2 Å². The predicted octanol–water partition coefficient (Wildman–Crippen LogP) is 1.39. The van der Waals surface area contributed by atoms with Crippen molar-refractivity contribution < 1.29 is 19.0 Å². The van der Waals surface area contributed by atoms with Crippen LogP contribution in [0.3, 0.4) is 0 Å². The van der Waals surface area contributed by atoms with Crippen molar-refractivity contribution in [2.24, 2.45) is 5.92 Å². The van der Waals surface area contributed by atoms with Crippen LogP contribution in [0.1, 0.15) is 12.5 Å². The van der Waals surface area contributed by atoms with Crippen LogP contribution in [0.4, 0.5) is 0 Å². The summed E-state index contributed by atoms with van der Waals surface area (Å²) >= 11 is 0. The average molecular weight is 348 g/mol. The summed E-state index contributed by atoms with van der Waals surface area (Å²) in [7, 11) is 1.64. The smallest absolute Gasteiger partial charge is 0.248 e. The number of carbonyl (C=O) groups is 1. The van der Waals surface area contributed by atoms with Gasteiger partial charge in [0.1, 0.15) is 12.4 Å². The Bertz CT molecular complexity index is 574. The molecule has 138 valence electrons. The summed E-state index contributed by atoms with van der Waals surface area (Å²) in [6, 6.07) is 8.16. The third-order valence-corrected chi connectivity index (χ3v) is 5.07. The lowest BCUT2D eigenvalue weighted by molar-refractivity contribution is -0.135. The van der Waals surface area contributed by atoms with Gasteiger partial charge < -0.3 is 19.1 Å². The minimum Gasteiger partial charge on any atom is -0.497 e. The molecule has 2 heterocycles. The topological polar surface area (TPSA) is 51.2 Å². The highest BCUT2D eigenvalue weighted by atomic mass is 16.5. The maximum absolute atomic E-state index is 12.5. The summed E-state index contributed by atoms with van der Waals surface area (Å²) < 4.78 is 16.3. The highest BCUT2D eigenvalue weighted by molar-refractivity contribution is 5.77. The van der Waals surface area contributed by atoms with Crippen LogP contribution >= 0.6 is 0 Å². The molecular formula is C19H28N2O4. The van der Waals surface area contributed by atoms with E-state index in [2.05, 4.69) is 11.8 Å². The molecule has 1 aromatic carbocycles. The summed E-state index contributed by atoms with van der Waals surface area (Å²) in [4.78, 5) is 16.9. The molecule has 6 nitrogen and oxygen atoms in total. The third kappa shape index (κ3) is 4.71. The quantitative estimate of drug-likeness (QED) is 0.778. The molecule has 2 aliphatic rings. The number of methoxy groups -OCH3 is 1. The fraction of sp³-hybridized carbons (Fsp3) is 0.632. The van der Waals surface area contributed by atoms with E-state index in [0.29, 0.717) is 18.6 Å². The molecule has 0 aliphatic carbocycles. The second-order valence-corrected chi connectivity index (χ2v) is 6.84. The van der Waals surface area contributed by atoms with Gasteiger partial charge in [-0.05, 0) is 23.6 Å².